The average molecular weight is 1540 g/mol. The van der Waals surface area contributed by atoms with Gasteiger partial charge in [-0.05, 0) is 196 Å². The first-order valence-electron chi connectivity index (χ1n) is 41.2. The maximum Gasteiger partial charge on any atom is 0.143 e. The second-order valence-electron chi connectivity index (χ2n) is 31.3. The summed E-state index contributed by atoms with van der Waals surface area (Å²) in [5.41, 5.74) is 31.4. The molecular weight excluding hydrogens is 1460 g/mol. The molecule has 24 rings (SSSR count). The molecule has 0 N–H and O–H groups in total. The van der Waals surface area contributed by atoms with Gasteiger partial charge in [-0.2, -0.15) is 0 Å². The SMILES string of the molecule is Cc1cc2ccccc2c2c1oc1c(-c3cccc(-c4ccccc4)c3)cccc12.Cc1cc2ccccc2c2c1oc1c(-c3ccccc3-c3ccccc3)cccc12.Cc1cccc2c1oc1c(-c3cccc(-c4ccccc4)c3)cc3ccccc3c12.Cc1cccc2c1oc1c(-c3ccccc3-c3ccccc3)cc3ccccc3c12. The lowest BCUT2D eigenvalue weighted by Gasteiger charge is -2.12. The summed E-state index contributed by atoms with van der Waals surface area (Å²) in [6.07, 6.45) is 0. The van der Waals surface area contributed by atoms with Gasteiger partial charge in [0, 0.05) is 65.3 Å². The molecule has 120 heavy (non-hydrogen) atoms. The predicted octanol–water partition coefficient (Wildman–Crippen LogP) is 33.5. The van der Waals surface area contributed by atoms with Gasteiger partial charge < -0.3 is 17.7 Å². The molecule has 568 valence electrons. The van der Waals surface area contributed by atoms with Crippen LogP contribution in [-0.4, -0.2) is 0 Å². The highest BCUT2D eigenvalue weighted by Gasteiger charge is 2.24. The molecule has 0 atom stereocenters. The molecule has 0 aliphatic rings. The van der Waals surface area contributed by atoms with Crippen molar-refractivity contribution in [1.82, 2.24) is 0 Å². The van der Waals surface area contributed by atoms with Crippen molar-refractivity contribution in [2.45, 2.75) is 27.7 Å². The van der Waals surface area contributed by atoms with Crippen molar-refractivity contribution in [3.05, 3.63) is 435 Å². The minimum absolute atomic E-state index is 0.954. The van der Waals surface area contributed by atoms with Gasteiger partial charge in [-0.15, -0.1) is 0 Å². The smallest absolute Gasteiger partial charge is 0.143 e. The Balaban J connectivity index is 0.0000000990. The summed E-state index contributed by atoms with van der Waals surface area (Å²) in [7, 11) is 0. The molecule has 4 nitrogen and oxygen atoms in total. The van der Waals surface area contributed by atoms with Crippen LogP contribution in [0.1, 0.15) is 22.3 Å². The lowest BCUT2D eigenvalue weighted by molar-refractivity contribution is 0.667. The van der Waals surface area contributed by atoms with Crippen molar-refractivity contribution >= 4 is 131 Å². The maximum absolute atomic E-state index is 6.57. The number of fused-ring (bicyclic) bond motifs is 20. The zero-order valence-corrected chi connectivity index (χ0v) is 66.9. The summed E-state index contributed by atoms with van der Waals surface area (Å²) < 4.78 is 26.2. The average Bonchev–Trinajstić information content (AvgIpc) is 1.62. The number of furan rings is 4. The molecule has 0 aliphatic carbocycles. The molecule has 24 aromatic rings. The Hall–Kier alpha value is -15.4. The summed E-state index contributed by atoms with van der Waals surface area (Å²) >= 11 is 0. The Kier molecular flexibility index (Phi) is 18.5. The van der Waals surface area contributed by atoms with Crippen molar-refractivity contribution in [3.8, 4) is 89.0 Å². The van der Waals surface area contributed by atoms with Gasteiger partial charge >= 0.3 is 0 Å². The number of aryl methyl sites for hydroxylation is 4. The number of para-hydroxylation sites is 4. The molecule has 0 bridgehead atoms. The Morgan fingerprint density at radius 3 is 0.842 bits per heavy atom. The van der Waals surface area contributed by atoms with Crippen molar-refractivity contribution in [2.24, 2.45) is 0 Å². The van der Waals surface area contributed by atoms with Gasteiger partial charge in [0.05, 0.1) is 0 Å². The van der Waals surface area contributed by atoms with E-state index < -0.39 is 0 Å². The van der Waals surface area contributed by atoms with Gasteiger partial charge in [0.1, 0.15) is 44.7 Å². The lowest BCUT2D eigenvalue weighted by atomic mass is 9.91. The fourth-order valence-corrected chi connectivity index (χ4v) is 18.2. The molecule has 4 heteroatoms. The van der Waals surface area contributed by atoms with Crippen LogP contribution < -0.4 is 0 Å². The third-order valence-corrected chi connectivity index (χ3v) is 23.9. The van der Waals surface area contributed by atoms with Gasteiger partial charge in [-0.25, -0.2) is 0 Å². The first kappa shape index (κ1) is 72.3. The predicted molar refractivity (Wildman–Crippen MR) is 507 cm³/mol. The quantitative estimate of drug-likeness (QED) is 0.152. The largest absolute Gasteiger partial charge is 0.455 e. The molecule has 0 radical (unpaired) electrons. The van der Waals surface area contributed by atoms with Crippen LogP contribution in [0.3, 0.4) is 0 Å². The van der Waals surface area contributed by atoms with Gasteiger partial charge in [0.2, 0.25) is 0 Å². The summed E-state index contributed by atoms with van der Waals surface area (Å²) in [6, 6.07) is 146. The molecule has 20 aromatic carbocycles. The second-order valence-corrected chi connectivity index (χ2v) is 31.3. The van der Waals surface area contributed by atoms with Crippen molar-refractivity contribution in [1.29, 1.82) is 0 Å². The van der Waals surface area contributed by atoms with E-state index in [0.29, 0.717) is 0 Å². The van der Waals surface area contributed by atoms with Crippen LogP contribution in [0.4, 0.5) is 0 Å². The van der Waals surface area contributed by atoms with Crippen LogP contribution in [-0.2, 0) is 0 Å². The fourth-order valence-electron chi connectivity index (χ4n) is 18.2. The highest BCUT2D eigenvalue weighted by Crippen LogP contribution is 2.49. The number of hydrogen-bond donors (Lipinski definition) is 0. The third kappa shape index (κ3) is 12.9. The molecular formula is C116H80O4. The number of rotatable bonds is 8. The topological polar surface area (TPSA) is 52.6 Å². The van der Waals surface area contributed by atoms with Crippen LogP contribution in [0.15, 0.2) is 430 Å². The summed E-state index contributed by atoms with van der Waals surface area (Å²) in [5, 5.41) is 19.4. The number of hydrogen-bond acceptors (Lipinski definition) is 4. The summed E-state index contributed by atoms with van der Waals surface area (Å²) in [6.45, 7) is 8.49. The summed E-state index contributed by atoms with van der Waals surface area (Å²) in [4.78, 5) is 0. The zero-order chi connectivity index (χ0) is 80.3. The molecule has 0 spiro atoms. The molecule has 4 heterocycles. The van der Waals surface area contributed by atoms with Gasteiger partial charge in [-0.3, -0.25) is 0 Å². The molecule has 0 saturated heterocycles. The normalized spacial score (nSPS) is 11.5. The molecule has 0 amide bonds. The van der Waals surface area contributed by atoms with Gasteiger partial charge in [0.25, 0.3) is 0 Å². The maximum atomic E-state index is 6.57. The standard InChI is InChI=1S/4C29H20O/c1-19-9-7-16-25-27-24-15-6-5-12-23(24)18-26(29(27)30-28(19)25)22-14-8-13-21(17-22)20-10-3-2-4-11-20;1-19-17-22-11-5-6-14-24(22)27-26-16-8-15-25(29(26)30-28(19)27)23-13-7-12-21(18-23)20-9-3-2-4-10-20;1-19-10-9-17-25-27-23-15-6-5-13-21(23)18-26(29(27)30-28(19)25)24-16-8-7-14-22(24)20-11-3-2-4-12-20;1-19-18-21-12-5-6-14-23(21)27-26-17-9-16-25(29(26)30-28(19)27)24-15-8-7-13-22(24)20-10-3-2-4-11-20/h4*2-18H,1H3. The Morgan fingerprint density at radius 2 is 0.400 bits per heavy atom. The molecule has 0 saturated carbocycles. The minimum Gasteiger partial charge on any atom is -0.455 e. The van der Waals surface area contributed by atoms with E-state index in [1.807, 2.05) is 0 Å². The van der Waals surface area contributed by atoms with E-state index in [0.717, 1.165) is 78.0 Å². The van der Waals surface area contributed by atoms with E-state index in [9.17, 15) is 0 Å². The van der Waals surface area contributed by atoms with Crippen molar-refractivity contribution in [3.63, 3.8) is 0 Å². The highest BCUT2D eigenvalue weighted by atomic mass is 16.3. The number of benzene rings is 20. The molecule has 0 unspecified atom stereocenters. The van der Waals surface area contributed by atoms with Gasteiger partial charge in [0.15, 0.2) is 0 Å². The molecule has 0 fully saturated rings. The molecule has 4 aromatic heterocycles. The van der Waals surface area contributed by atoms with E-state index in [4.69, 9.17) is 17.7 Å². The Bertz CT molecular complexity index is 8060. The van der Waals surface area contributed by atoms with E-state index in [2.05, 4.69) is 440 Å². The zero-order valence-electron chi connectivity index (χ0n) is 66.9. The Morgan fingerprint density at radius 1 is 0.133 bits per heavy atom. The van der Waals surface area contributed by atoms with E-state index >= 15 is 0 Å². The van der Waals surface area contributed by atoms with Crippen LogP contribution >= 0.6 is 0 Å². The second kappa shape index (κ2) is 30.7. The third-order valence-electron chi connectivity index (χ3n) is 23.9. The molecule has 0 aliphatic heterocycles. The monoisotopic (exact) mass is 1540 g/mol. The first-order chi connectivity index (χ1) is 59.2. The highest BCUT2D eigenvalue weighted by molar-refractivity contribution is 6.26. The van der Waals surface area contributed by atoms with Crippen LogP contribution in [0.2, 0.25) is 0 Å². The van der Waals surface area contributed by atoms with Crippen molar-refractivity contribution < 1.29 is 17.7 Å². The van der Waals surface area contributed by atoms with Crippen LogP contribution in [0, 0.1) is 27.7 Å². The first-order valence-corrected chi connectivity index (χ1v) is 41.2. The van der Waals surface area contributed by atoms with Crippen LogP contribution in [0.25, 0.3) is 220 Å². The Labute approximate surface area is 695 Å². The van der Waals surface area contributed by atoms with Gasteiger partial charge in [-0.1, -0.05) is 376 Å². The van der Waals surface area contributed by atoms with E-state index in [-0.39, 0.29) is 0 Å². The fraction of sp³-hybridized carbons (Fsp3) is 0.0345. The lowest BCUT2D eigenvalue weighted by Crippen LogP contribution is -1.87. The van der Waals surface area contributed by atoms with E-state index in [1.165, 1.54) is 164 Å². The van der Waals surface area contributed by atoms with Crippen LogP contribution in [0.5, 0.6) is 0 Å². The van der Waals surface area contributed by atoms with Crippen molar-refractivity contribution in [2.75, 3.05) is 0 Å². The minimum atomic E-state index is 0.954. The van der Waals surface area contributed by atoms with E-state index in [1.54, 1.807) is 0 Å². The summed E-state index contributed by atoms with van der Waals surface area (Å²) in [5.74, 6) is 0.